The number of aromatic amines is 1. The summed E-state index contributed by atoms with van der Waals surface area (Å²) < 4.78 is 41.2. The van der Waals surface area contributed by atoms with Crippen LogP contribution in [0.4, 0.5) is 13.2 Å². The average molecular weight is 336 g/mol. The summed E-state index contributed by atoms with van der Waals surface area (Å²) in [6, 6.07) is 5.34. The number of halogens is 3. The highest BCUT2D eigenvalue weighted by Gasteiger charge is 2.34. The van der Waals surface area contributed by atoms with Gasteiger partial charge < -0.3 is 10.3 Å². The summed E-state index contributed by atoms with van der Waals surface area (Å²) in [4.78, 5) is 14.7. The highest BCUT2D eigenvalue weighted by molar-refractivity contribution is 5.94. The Morgan fingerprint density at radius 2 is 1.96 bits per heavy atom. The lowest BCUT2D eigenvalue weighted by Gasteiger charge is -2.23. The molecule has 1 aliphatic rings. The van der Waals surface area contributed by atoms with Crippen LogP contribution in [-0.2, 0) is 6.18 Å². The maximum absolute atomic E-state index is 13.3. The summed E-state index contributed by atoms with van der Waals surface area (Å²) in [6.45, 7) is 1.63. The Hall–Kier alpha value is -2.35. The summed E-state index contributed by atoms with van der Waals surface area (Å²) in [5.74, 6) is 0.0969. The third-order valence-electron chi connectivity index (χ3n) is 4.53. The first-order valence-electron chi connectivity index (χ1n) is 7.78. The molecule has 1 saturated heterocycles. The lowest BCUT2D eigenvalue weighted by molar-refractivity contribution is -0.136. The van der Waals surface area contributed by atoms with Gasteiger partial charge in [0.2, 0.25) is 0 Å². The summed E-state index contributed by atoms with van der Waals surface area (Å²) in [7, 11) is 0. The molecule has 1 fully saturated rings. The van der Waals surface area contributed by atoms with E-state index >= 15 is 0 Å². The molecule has 3 aromatic rings. The fourth-order valence-electron chi connectivity index (χ4n) is 3.40. The molecule has 0 radical (unpaired) electrons. The molecule has 1 aliphatic heterocycles. The van der Waals surface area contributed by atoms with E-state index in [4.69, 9.17) is 0 Å². The molecule has 0 unspecified atom stereocenters. The zero-order valence-electron chi connectivity index (χ0n) is 12.7. The monoisotopic (exact) mass is 336 g/mol. The molecule has 0 atom stereocenters. The van der Waals surface area contributed by atoms with Crippen molar-refractivity contribution >= 4 is 16.6 Å². The molecule has 5 nitrogen and oxygen atoms in total. The number of benzene rings is 1. The van der Waals surface area contributed by atoms with E-state index in [2.05, 4.69) is 15.4 Å². The number of alkyl halides is 3. The molecule has 0 aliphatic carbocycles. The predicted molar refractivity (Wildman–Crippen MR) is 83.2 cm³/mol. The first kappa shape index (κ1) is 15.2. The average Bonchev–Trinajstić information content (AvgIpc) is 2.92. The van der Waals surface area contributed by atoms with Gasteiger partial charge >= 0.3 is 6.18 Å². The first-order valence-corrected chi connectivity index (χ1v) is 7.78. The predicted octanol–water partition coefficient (Wildman–Crippen LogP) is 2.66. The molecule has 126 valence electrons. The Bertz CT molecular complexity index is 967. The van der Waals surface area contributed by atoms with Gasteiger partial charge in [0.25, 0.3) is 5.56 Å². The zero-order chi connectivity index (χ0) is 16.9. The second kappa shape index (κ2) is 5.34. The van der Waals surface area contributed by atoms with Crippen LogP contribution >= 0.6 is 0 Å². The number of H-pyrrole nitrogens is 1. The fraction of sp³-hybridized carbons (Fsp3) is 0.375. The maximum Gasteiger partial charge on any atom is 0.418 e. The van der Waals surface area contributed by atoms with Gasteiger partial charge in [-0.3, -0.25) is 4.79 Å². The molecule has 4 rings (SSSR count). The molecule has 2 N–H and O–H groups in total. The van der Waals surface area contributed by atoms with Gasteiger partial charge in [0.15, 0.2) is 0 Å². The van der Waals surface area contributed by atoms with E-state index in [0.29, 0.717) is 16.7 Å². The minimum atomic E-state index is -4.49. The smallest absolute Gasteiger partial charge is 0.317 e. The molecule has 0 spiro atoms. The Morgan fingerprint density at radius 1 is 1.21 bits per heavy atom. The van der Waals surface area contributed by atoms with Crippen molar-refractivity contribution in [2.75, 3.05) is 13.1 Å². The second-order valence-electron chi connectivity index (χ2n) is 6.04. The van der Waals surface area contributed by atoms with E-state index in [9.17, 15) is 18.0 Å². The highest BCUT2D eigenvalue weighted by atomic mass is 19.4. The van der Waals surface area contributed by atoms with E-state index < -0.39 is 11.7 Å². The number of hydrogen-bond donors (Lipinski definition) is 2. The van der Waals surface area contributed by atoms with Gasteiger partial charge in [0.05, 0.1) is 11.3 Å². The van der Waals surface area contributed by atoms with Gasteiger partial charge in [-0.2, -0.15) is 18.3 Å². The number of hydrogen-bond acceptors (Lipinski definition) is 3. The van der Waals surface area contributed by atoms with E-state index in [0.717, 1.165) is 32.0 Å². The van der Waals surface area contributed by atoms with Crippen LogP contribution in [0.1, 0.15) is 30.0 Å². The highest BCUT2D eigenvalue weighted by Crippen LogP contribution is 2.35. The Morgan fingerprint density at radius 3 is 2.67 bits per heavy atom. The standard InChI is InChI=1S/C16H15F3N4O/c17-16(18,19)11-3-1-2-10-14(11)22-23-12(8-13(24)21-15(10)23)9-4-6-20-7-5-9/h1-3,8-9,20H,4-7H2,(H,21,24). The Balaban J connectivity index is 2.03. The molecular weight excluding hydrogens is 321 g/mol. The topological polar surface area (TPSA) is 62.2 Å². The summed E-state index contributed by atoms with van der Waals surface area (Å²) in [5, 5.41) is 7.75. The summed E-state index contributed by atoms with van der Waals surface area (Å²) in [5.41, 5.74) is -0.269. The molecule has 0 bridgehead atoms. The lowest BCUT2D eigenvalue weighted by atomic mass is 9.94. The van der Waals surface area contributed by atoms with Crippen molar-refractivity contribution in [3.05, 3.63) is 45.9 Å². The van der Waals surface area contributed by atoms with Crippen molar-refractivity contribution in [1.82, 2.24) is 19.9 Å². The largest absolute Gasteiger partial charge is 0.418 e. The third-order valence-corrected chi connectivity index (χ3v) is 4.53. The normalized spacial score (nSPS) is 17.0. The van der Waals surface area contributed by atoms with Crippen LogP contribution in [0, 0.1) is 0 Å². The summed E-state index contributed by atoms with van der Waals surface area (Å²) >= 11 is 0. The molecule has 1 aromatic carbocycles. The molecule has 2 aromatic heterocycles. The quantitative estimate of drug-likeness (QED) is 0.718. The van der Waals surface area contributed by atoms with E-state index in [1.165, 1.54) is 16.6 Å². The number of aromatic nitrogens is 3. The molecular formula is C16H15F3N4O. The molecule has 0 saturated carbocycles. The van der Waals surface area contributed by atoms with Gasteiger partial charge in [-0.1, -0.05) is 6.07 Å². The van der Waals surface area contributed by atoms with Crippen LogP contribution < -0.4 is 10.9 Å². The lowest BCUT2D eigenvalue weighted by Crippen LogP contribution is -2.28. The van der Waals surface area contributed by atoms with Crippen LogP contribution in [0.5, 0.6) is 0 Å². The summed E-state index contributed by atoms with van der Waals surface area (Å²) in [6.07, 6.45) is -2.85. The fourth-order valence-corrected chi connectivity index (χ4v) is 3.40. The van der Waals surface area contributed by atoms with Crippen molar-refractivity contribution in [1.29, 1.82) is 0 Å². The van der Waals surface area contributed by atoms with Crippen LogP contribution in [-0.4, -0.2) is 27.7 Å². The van der Waals surface area contributed by atoms with Crippen molar-refractivity contribution in [3.8, 4) is 0 Å². The van der Waals surface area contributed by atoms with Crippen LogP contribution in [0.15, 0.2) is 29.1 Å². The van der Waals surface area contributed by atoms with E-state index in [1.54, 1.807) is 6.07 Å². The SMILES string of the molecule is O=c1cc(C2CCNCC2)n2nc3c(C(F)(F)F)cccc3c2[nH]1. The van der Waals surface area contributed by atoms with Gasteiger partial charge in [0.1, 0.15) is 11.2 Å². The Kier molecular flexibility index (Phi) is 3.38. The number of nitrogens with one attached hydrogen (secondary N) is 2. The molecule has 24 heavy (non-hydrogen) atoms. The zero-order valence-corrected chi connectivity index (χ0v) is 12.7. The van der Waals surface area contributed by atoms with E-state index in [-0.39, 0.29) is 17.0 Å². The van der Waals surface area contributed by atoms with Crippen molar-refractivity contribution in [2.45, 2.75) is 24.9 Å². The van der Waals surface area contributed by atoms with Gasteiger partial charge in [-0.15, -0.1) is 0 Å². The minimum absolute atomic E-state index is 0.0969. The van der Waals surface area contributed by atoms with Gasteiger partial charge in [-0.25, -0.2) is 4.52 Å². The van der Waals surface area contributed by atoms with Crippen molar-refractivity contribution in [3.63, 3.8) is 0 Å². The number of piperidine rings is 1. The molecule has 8 heteroatoms. The van der Waals surface area contributed by atoms with Gasteiger partial charge in [0, 0.05) is 17.4 Å². The third kappa shape index (κ3) is 2.37. The van der Waals surface area contributed by atoms with Crippen molar-refractivity contribution < 1.29 is 13.2 Å². The second-order valence-corrected chi connectivity index (χ2v) is 6.04. The van der Waals surface area contributed by atoms with Crippen LogP contribution in [0.3, 0.4) is 0 Å². The Labute approximate surface area is 134 Å². The molecule has 3 heterocycles. The van der Waals surface area contributed by atoms with Crippen LogP contribution in [0.25, 0.3) is 16.6 Å². The minimum Gasteiger partial charge on any atom is -0.317 e. The number of fused-ring (bicyclic) bond motifs is 3. The van der Waals surface area contributed by atoms with Gasteiger partial charge in [-0.05, 0) is 38.1 Å². The number of rotatable bonds is 1. The van der Waals surface area contributed by atoms with E-state index in [1.807, 2.05) is 0 Å². The number of nitrogens with zero attached hydrogens (tertiary/aromatic N) is 2. The maximum atomic E-state index is 13.3. The van der Waals surface area contributed by atoms with Crippen molar-refractivity contribution in [2.24, 2.45) is 0 Å². The molecule has 0 amide bonds. The van der Waals surface area contributed by atoms with Crippen LogP contribution in [0.2, 0.25) is 0 Å². The first-order chi connectivity index (χ1) is 11.4.